The number of carbonyl (C=O) groups excluding carboxylic acids is 1. The molecule has 4 rings (SSSR count). The number of likely N-dealkylation sites (tertiary alicyclic amines) is 1. The van der Waals surface area contributed by atoms with E-state index in [9.17, 15) is 9.90 Å². The number of ether oxygens (including phenoxy) is 1. The number of fused-ring (bicyclic) bond motifs is 1. The van der Waals surface area contributed by atoms with Crippen LogP contribution in [0.2, 0.25) is 0 Å². The standard InChI is InChI=1S/C18H26N4O3/c1-25-17(24)14-8-19-18(20-9-14)22-10-12-6-15(21-4-2-3-5-21)16(23)7-13(12)11-22/h8-9,12-13,15-16,23H,2-7,10-11H2,1H3/t12-,13+,15-,16-/m1/s1. The maximum Gasteiger partial charge on any atom is 0.341 e. The molecule has 0 unspecified atom stereocenters. The van der Waals surface area contributed by atoms with Crippen LogP contribution >= 0.6 is 0 Å². The van der Waals surface area contributed by atoms with Gasteiger partial charge in [0.15, 0.2) is 0 Å². The molecule has 0 radical (unpaired) electrons. The number of anilines is 1. The number of methoxy groups -OCH3 is 1. The molecule has 1 aromatic heterocycles. The number of esters is 1. The van der Waals surface area contributed by atoms with Gasteiger partial charge >= 0.3 is 5.97 Å². The lowest BCUT2D eigenvalue weighted by Crippen LogP contribution is -2.48. The van der Waals surface area contributed by atoms with Gasteiger partial charge < -0.3 is 14.7 Å². The molecule has 3 heterocycles. The molecule has 136 valence electrons. The molecule has 0 bridgehead atoms. The highest BCUT2D eigenvalue weighted by molar-refractivity contribution is 5.88. The van der Waals surface area contributed by atoms with Crippen LogP contribution in [-0.2, 0) is 4.74 Å². The lowest BCUT2D eigenvalue weighted by molar-refractivity contribution is -0.000856. The fourth-order valence-electron chi connectivity index (χ4n) is 4.74. The first-order valence-corrected chi connectivity index (χ1v) is 9.23. The van der Waals surface area contributed by atoms with Crippen LogP contribution in [0.5, 0.6) is 0 Å². The summed E-state index contributed by atoms with van der Waals surface area (Å²) < 4.78 is 4.69. The maximum absolute atomic E-state index is 11.5. The van der Waals surface area contributed by atoms with Gasteiger partial charge in [0.2, 0.25) is 5.95 Å². The molecule has 1 saturated carbocycles. The number of aliphatic hydroxyl groups excluding tert-OH is 1. The Morgan fingerprint density at radius 3 is 2.44 bits per heavy atom. The smallest absolute Gasteiger partial charge is 0.341 e. The number of rotatable bonds is 3. The Bertz CT molecular complexity index is 617. The highest BCUT2D eigenvalue weighted by atomic mass is 16.5. The van der Waals surface area contributed by atoms with Crippen molar-refractivity contribution in [2.45, 2.75) is 37.8 Å². The SMILES string of the molecule is COC(=O)c1cnc(N2C[C@H]3C[C@@H](N4CCCC4)[C@H](O)C[C@H]3C2)nc1. The minimum Gasteiger partial charge on any atom is -0.465 e. The fourth-order valence-corrected chi connectivity index (χ4v) is 4.74. The van der Waals surface area contributed by atoms with E-state index >= 15 is 0 Å². The Morgan fingerprint density at radius 1 is 1.16 bits per heavy atom. The van der Waals surface area contributed by atoms with Crippen LogP contribution in [0.25, 0.3) is 0 Å². The molecule has 3 fully saturated rings. The molecule has 0 aromatic carbocycles. The Hall–Kier alpha value is -1.73. The fraction of sp³-hybridized carbons (Fsp3) is 0.722. The summed E-state index contributed by atoms with van der Waals surface area (Å²) in [7, 11) is 1.35. The molecule has 0 spiro atoms. The van der Waals surface area contributed by atoms with Crippen LogP contribution in [0.3, 0.4) is 0 Å². The summed E-state index contributed by atoms with van der Waals surface area (Å²) in [4.78, 5) is 24.9. The van der Waals surface area contributed by atoms with Crippen LogP contribution in [0.15, 0.2) is 12.4 Å². The molecule has 1 N–H and O–H groups in total. The van der Waals surface area contributed by atoms with Crippen LogP contribution in [0.4, 0.5) is 5.95 Å². The summed E-state index contributed by atoms with van der Waals surface area (Å²) in [6, 6.07) is 0.311. The first kappa shape index (κ1) is 16.7. The van der Waals surface area contributed by atoms with Crippen molar-refractivity contribution in [1.82, 2.24) is 14.9 Å². The number of nitrogens with zero attached hydrogens (tertiary/aromatic N) is 4. The summed E-state index contributed by atoms with van der Waals surface area (Å²) in [5.74, 6) is 1.32. The van der Waals surface area contributed by atoms with Gasteiger partial charge in [0, 0.05) is 31.5 Å². The zero-order chi connectivity index (χ0) is 17.4. The highest BCUT2D eigenvalue weighted by Crippen LogP contribution is 2.39. The number of aliphatic hydroxyl groups is 1. The van der Waals surface area contributed by atoms with E-state index in [-0.39, 0.29) is 6.10 Å². The van der Waals surface area contributed by atoms with Crippen molar-refractivity contribution >= 4 is 11.9 Å². The normalized spacial score (nSPS) is 32.6. The van der Waals surface area contributed by atoms with Gasteiger partial charge in [-0.05, 0) is 50.6 Å². The van der Waals surface area contributed by atoms with E-state index in [1.165, 1.54) is 32.3 Å². The molecule has 0 amide bonds. The average Bonchev–Trinajstić information content (AvgIpc) is 3.29. The van der Waals surface area contributed by atoms with Crippen molar-refractivity contribution in [3.63, 3.8) is 0 Å². The predicted molar refractivity (Wildman–Crippen MR) is 92.4 cm³/mol. The zero-order valence-electron chi connectivity index (χ0n) is 14.7. The van der Waals surface area contributed by atoms with Crippen molar-refractivity contribution in [3.05, 3.63) is 18.0 Å². The summed E-state index contributed by atoms with van der Waals surface area (Å²) in [5.41, 5.74) is 0.368. The van der Waals surface area contributed by atoms with Gasteiger partial charge in [-0.15, -0.1) is 0 Å². The Balaban J connectivity index is 1.43. The number of carbonyl (C=O) groups is 1. The van der Waals surface area contributed by atoms with Crippen LogP contribution in [-0.4, -0.2) is 71.4 Å². The quantitative estimate of drug-likeness (QED) is 0.816. The number of aromatic nitrogens is 2. The Labute approximate surface area is 148 Å². The zero-order valence-corrected chi connectivity index (χ0v) is 14.7. The van der Waals surface area contributed by atoms with Crippen molar-refractivity contribution < 1.29 is 14.6 Å². The predicted octanol–water partition coefficient (Wildman–Crippen LogP) is 0.935. The van der Waals surface area contributed by atoms with Gasteiger partial charge in [-0.1, -0.05) is 0 Å². The summed E-state index contributed by atoms with van der Waals surface area (Å²) in [6.45, 7) is 4.06. The van der Waals surface area contributed by atoms with E-state index in [0.29, 0.717) is 29.4 Å². The van der Waals surface area contributed by atoms with E-state index in [0.717, 1.165) is 39.0 Å². The largest absolute Gasteiger partial charge is 0.465 e. The van der Waals surface area contributed by atoms with E-state index in [2.05, 4.69) is 24.5 Å². The minimum absolute atomic E-state index is 0.220. The van der Waals surface area contributed by atoms with Crippen LogP contribution in [0, 0.1) is 11.8 Å². The van der Waals surface area contributed by atoms with Gasteiger partial charge in [0.05, 0.1) is 18.8 Å². The molecule has 25 heavy (non-hydrogen) atoms. The molecule has 1 aliphatic carbocycles. The van der Waals surface area contributed by atoms with E-state index in [1.54, 1.807) is 0 Å². The first-order chi connectivity index (χ1) is 12.2. The highest BCUT2D eigenvalue weighted by Gasteiger charge is 2.44. The summed E-state index contributed by atoms with van der Waals surface area (Å²) in [6.07, 6.45) is 7.26. The number of hydrogen-bond acceptors (Lipinski definition) is 7. The Morgan fingerprint density at radius 2 is 1.80 bits per heavy atom. The molecular weight excluding hydrogens is 320 g/mol. The molecular formula is C18H26N4O3. The van der Waals surface area contributed by atoms with Crippen molar-refractivity contribution in [3.8, 4) is 0 Å². The third kappa shape index (κ3) is 3.22. The topological polar surface area (TPSA) is 78.8 Å². The maximum atomic E-state index is 11.5. The van der Waals surface area contributed by atoms with E-state index in [4.69, 9.17) is 0 Å². The third-order valence-corrected chi connectivity index (χ3v) is 6.06. The van der Waals surface area contributed by atoms with E-state index < -0.39 is 5.97 Å². The van der Waals surface area contributed by atoms with Gasteiger partial charge in [0.1, 0.15) is 0 Å². The Kier molecular flexibility index (Phi) is 4.60. The lowest BCUT2D eigenvalue weighted by Gasteiger charge is -2.40. The third-order valence-electron chi connectivity index (χ3n) is 6.06. The molecule has 2 saturated heterocycles. The van der Waals surface area contributed by atoms with Crippen LogP contribution in [0.1, 0.15) is 36.0 Å². The van der Waals surface area contributed by atoms with Gasteiger partial charge in [0.25, 0.3) is 0 Å². The summed E-state index contributed by atoms with van der Waals surface area (Å²) in [5, 5.41) is 10.6. The van der Waals surface area contributed by atoms with Crippen LogP contribution < -0.4 is 4.90 Å². The van der Waals surface area contributed by atoms with Gasteiger partial charge in [-0.2, -0.15) is 0 Å². The monoisotopic (exact) mass is 346 g/mol. The van der Waals surface area contributed by atoms with Crippen molar-refractivity contribution in [2.24, 2.45) is 11.8 Å². The molecule has 4 atom stereocenters. The second-order valence-electron chi connectivity index (χ2n) is 7.54. The van der Waals surface area contributed by atoms with Crippen molar-refractivity contribution in [2.75, 3.05) is 38.2 Å². The molecule has 2 aliphatic heterocycles. The summed E-state index contributed by atoms with van der Waals surface area (Å²) >= 11 is 0. The molecule has 7 heteroatoms. The average molecular weight is 346 g/mol. The minimum atomic E-state index is -0.418. The number of hydrogen-bond donors (Lipinski definition) is 1. The lowest BCUT2D eigenvalue weighted by atomic mass is 9.77. The first-order valence-electron chi connectivity index (χ1n) is 9.23. The van der Waals surface area contributed by atoms with Gasteiger partial charge in [-0.25, -0.2) is 14.8 Å². The molecule has 3 aliphatic rings. The molecule has 1 aromatic rings. The molecule has 7 nitrogen and oxygen atoms in total. The van der Waals surface area contributed by atoms with Crippen molar-refractivity contribution in [1.29, 1.82) is 0 Å². The second kappa shape index (κ2) is 6.88. The second-order valence-corrected chi connectivity index (χ2v) is 7.54. The van der Waals surface area contributed by atoms with E-state index in [1.807, 2.05) is 0 Å². The van der Waals surface area contributed by atoms with Gasteiger partial charge in [-0.3, -0.25) is 4.90 Å².